The second-order valence-electron chi connectivity index (χ2n) is 5.50. The molecular formula is C18H19N3O3S2. The number of ether oxygens (including phenoxy) is 2. The number of aryl methyl sites for hydroxylation is 1. The van der Waals surface area contributed by atoms with E-state index in [1.165, 1.54) is 11.3 Å². The van der Waals surface area contributed by atoms with Crippen molar-refractivity contribution in [2.24, 2.45) is 0 Å². The fourth-order valence-electron chi connectivity index (χ4n) is 2.32. The van der Waals surface area contributed by atoms with Crippen molar-refractivity contribution < 1.29 is 14.3 Å². The predicted octanol–water partition coefficient (Wildman–Crippen LogP) is 3.47. The van der Waals surface area contributed by atoms with Gasteiger partial charge >= 0.3 is 0 Å². The van der Waals surface area contributed by atoms with Gasteiger partial charge in [-0.15, -0.1) is 22.7 Å². The van der Waals surface area contributed by atoms with Gasteiger partial charge in [0.2, 0.25) is 0 Å². The largest absolute Gasteiger partial charge is 0.493 e. The minimum absolute atomic E-state index is 0.152. The van der Waals surface area contributed by atoms with Gasteiger partial charge in [0.05, 0.1) is 29.0 Å². The number of aromatic nitrogens is 2. The quantitative estimate of drug-likeness (QED) is 0.639. The first-order valence-electron chi connectivity index (χ1n) is 8.03. The maximum absolute atomic E-state index is 12.3. The van der Waals surface area contributed by atoms with E-state index in [1.807, 2.05) is 17.7 Å². The number of thiazole rings is 2. The van der Waals surface area contributed by atoms with Crippen LogP contribution >= 0.6 is 22.7 Å². The van der Waals surface area contributed by atoms with Gasteiger partial charge < -0.3 is 14.8 Å². The lowest BCUT2D eigenvalue weighted by molar-refractivity contribution is 0.0953. The number of rotatable bonds is 8. The van der Waals surface area contributed by atoms with Gasteiger partial charge in [-0.3, -0.25) is 4.79 Å². The van der Waals surface area contributed by atoms with Crippen molar-refractivity contribution in [3.63, 3.8) is 0 Å². The third kappa shape index (κ3) is 4.80. The number of nitrogens with one attached hydrogen (secondary N) is 1. The van der Waals surface area contributed by atoms with Crippen LogP contribution in [0.25, 0.3) is 0 Å². The highest BCUT2D eigenvalue weighted by Gasteiger charge is 2.12. The van der Waals surface area contributed by atoms with Crippen molar-refractivity contribution in [2.75, 3.05) is 13.7 Å². The lowest BCUT2D eigenvalue weighted by atomic mass is 10.2. The minimum atomic E-state index is -0.152. The molecule has 8 heteroatoms. The van der Waals surface area contributed by atoms with E-state index in [4.69, 9.17) is 9.47 Å². The highest BCUT2D eigenvalue weighted by Crippen LogP contribution is 2.28. The van der Waals surface area contributed by atoms with Crippen LogP contribution in [0.2, 0.25) is 0 Å². The summed E-state index contributed by atoms with van der Waals surface area (Å²) in [5.41, 5.74) is 4.14. The number of hydrogen-bond donors (Lipinski definition) is 1. The molecule has 0 aliphatic rings. The molecule has 0 unspecified atom stereocenters. The number of carbonyl (C=O) groups is 1. The zero-order valence-corrected chi connectivity index (χ0v) is 16.2. The van der Waals surface area contributed by atoms with Crippen molar-refractivity contribution in [1.29, 1.82) is 0 Å². The Labute approximate surface area is 159 Å². The highest BCUT2D eigenvalue weighted by atomic mass is 32.1. The van der Waals surface area contributed by atoms with E-state index >= 15 is 0 Å². The molecule has 3 rings (SSSR count). The van der Waals surface area contributed by atoms with E-state index in [0.717, 1.165) is 16.4 Å². The molecule has 1 aromatic carbocycles. The summed E-state index contributed by atoms with van der Waals surface area (Å²) in [4.78, 5) is 20.9. The molecule has 26 heavy (non-hydrogen) atoms. The zero-order valence-electron chi connectivity index (χ0n) is 14.5. The first-order chi connectivity index (χ1) is 12.7. The third-order valence-electron chi connectivity index (χ3n) is 3.62. The van der Waals surface area contributed by atoms with Gasteiger partial charge in [-0.25, -0.2) is 9.97 Å². The number of nitrogens with zero attached hydrogens (tertiary/aromatic N) is 2. The average Bonchev–Trinajstić information content (AvgIpc) is 3.31. The minimum Gasteiger partial charge on any atom is -0.493 e. The molecule has 1 amide bonds. The molecule has 1 N–H and O–H groups in total. The summed E-state index contributed by atoms with van der Waals surface area (Å²) in [5.74, 6) is 0.944. The Hall–Kier alpha value is -2.45. The average molecular weight is 390 g/mol. The predicted molar refractivity (Wildman–Crippen MR) is 102 cm³/mol. The van der Waals surface area contributed by atoms with Gasteiger partial charge in [0, 0.05) is 29.3 Å². The topological polar surface area (TPSA) is 73.3 Å². The normalized spacial score (nSPS) is 10.5. The third-order valence-corrected chi connectivity index (χ3v) is 5.08. The zero-order chi connectivity index (χ0) is 18.4. The summed E-state index contributed by atoms with van der Waals surface area (Å²) >= 11 is 3.13. The van der Waals surface area contributed by atoms with Gasteiger partial charge in [-0.1, -0.05) is 0 Å². The summed E-state index contributed by atoms with van der Waals surface area (Å²) in [6.07, 6.45) is 0.710. The van der Waals surface area contributed by atoms with Crippen LogP contribution in [0.4, 0.5) is 0 Å². The lowest BCUT2D eigenvalue weighted by Crippen LogP contribution is -2.25. The standard InChI is InChI=1S/C18H19N3O3S2/c1-12-21-14(10-26-12)5-6-19-18(22)13-3-4-16(17(7-13)23-2)24-8-15-9-25-11-20-15/h3-4,7,9-11H,5-6,8H2,1-2H3,(H,19,22). The van der Waals surface area contributed by atoms with E-state index in [1.54, 1.807) is 42.2 Å². The molecule has 0 aliphatic carbocycles. The molecule has 0 fully saturated rings. The van der Waals surface area contributed by atoms with Gasteiger partial charge in [-0.05, 0) is 25.1 Å². The second kappa shape index (κ2) is 8.77. The number of amides is 1. The molecule has 0 radical (unpaired) electrons. The van der Waals surface area contributed by atoms with Gasteiger partial charge in [0.15, 0.2) is 11.5 Å². The van der Waals surface area contributed by atoms with Crippen LogP contribution in [0, 0.1) is 6.92 Å². The van der Waals surface area contributed by atoms with E-state index in [2.05, 4.69) is 15.3 Å². The number of methoxy groups -OCH3 is 1. The van der Waals surface area contributed by atoms with Crippen LogP contribution in [0.3, 0.4) is 0 Å². The molecule has 136 valence electrons. The van der Waals surface area contributed by atoms with Crippen molar-refractivity contribution >= 4 is 28.6 Å². The van der Waals surface area contributed by atoms with E-state index in [-0.39, 0.29) is 5.91 Å². The number of carbonyl (C=O) groups excluding carboxylic acids is 1. The summed E-state index contributed by atoms with van der Waals surface area (Å²) < 4.78 is 11.1. The SMILES string of the molecule is COc1cc(C(=O)NCCc2csc(C)n2)ccc1OCc1cscn1. The Morgan fingerprint density at radius 1 is 1.23 bits per heavy atom. The van der Waals surface area contributed by atoms with Gasteiger partial charge in [0.1, 0.15) is 6.61 Å². The Kier molecular flexibility index (Phi) is 6.19. The molecule has 6 nitrogen and oxygen atoms in total. The Morgan fingerprint density at radius 3 is 2.81 bits per heavy atom. The molecule has 0 spiro atoms. The molecule has 3 aromatic rings. The van der Waals surface area contributed by atoms with Crippen molar-refractivity contribution in [3.8, 4) is 11.5 Å². The van der Waals surface area contributed by atoms with E-state index < -0.39 is 0 Å². The van der Waals surface area contributed by atoms with Crippen molar-refractivity contribution in [2.45, 2.75) is 20.0 Å². The molecular weight excluding hydrogens is 370 g/mol. The first kappa shape index (κ1) is 18.3. The Morgan fingerprint density at radius 2 is 2.12 bits per heavy atom. The summed E-state index contributed by atoms with van der Waals surface area (Å²) in [5, 5.41) is 7.88. The Bertz CT molecular complexity index is 862. The molecule has 0 bridgehead atoms. The molecule has 0 atom stereocenters. The first-order valence-corrected chi connectivity index (χ1v) is 9.85. The van der Waals surface area contributed by atoms with Gasteiger partial charge in [0.25, 0.3) is 5.91 Å². The second-order valence-corrected chi connectivity index (χ2v) is 7.28. The van der Waals surface area contributed by atoms with Crippen molar-refractivity contribution in [1.82, 2.24) is 15.3 Å². The van der Waals surface area contributed by atoms with Crippen LogP contribution in [0.1, 0.15) is 26.8 Å². The van der Waals surface area contributed by atoms with E-state index in [9.17, 15) is 4.79 Å². The van der Waals surface area contributed by atoms with Crippen LogP contribution < -0.4 is 14.8 Å². The van der Waals surface area contributed by atoms with Crippen molar-refractivity contribution in [3.05, 3.63) is 56.4 Å². The smallest absolute Gasteiger partial charge is 0.251 e. The van der Waals surface area contributed by atoms with E-state index in [0.29, 0.717) is 36.6 Å². The molecule has 0 saturated carbocycles. The molecule has 2 heterocycles. The van der Waals surface area contributed by atoms with Gasteiger partial charge in [-0.2, -0.15) is 0 Å². The Balaban J connectivity index is 1.57. The number of hydrogen-bond acceptors (Lipinski definition) is 7. The van der Waals surface area contributed by atoms with Crippen LogP contribution in [-0.2, 0) is 13.0 Å². The molecule has 2 aromatic heterocycles. The highest BCUT2D eigenvalue weighted by molar-refractivity contribution is 7.09. The summed E-state index contributed by atoms with van der Waals surface area (Å²) in [6, 6.07) is 5.14. The summed E-state index contributed by atoms with van der Waals surface area (Å²) in [7, 11) is 1.55. The fourth-order valence-corrected chi connectivity index (χ4v) is 3.51. The molecule has 0 saturated heterocycles. The van der Waals surface area contributed by atoms with Crippen LogP contribution in [-0.4, -0.2) is 29.5 Å². The monoisotopic (exact) mass is 389 g/mol. The van der Waals surface area contributed by atoms with Crippen LogP contribution in [0.15, 0.2) is 34.5 Å². The maximum Gasteiger partial charge on any atom is 0.251 e. The maximum atomic E-state index is 12.3. The molecule has 0 aliphatic heterocycles. The van der Waals surface area contributed by atoms with Crippen LogP contribution in [0.5, 0.6) is 11.5 Å². The number of benzene rings is 1. The lowest BCUT2D eigenvalue weighted by Gasteiger charge is -2.11. The summed E-state index contributed by atoms with van der Waals surface area (Å²) in [6.45, 7) is 2.86. The fraction of sp³-hybridized carbons (Fsp3) is 0.278.